The second-order valence-corrected chi connectivity index (χ2v) is 4.54. The van der Waals surface area contributed by atoms with Crippen LogP contribution in [0, 0.1) is 0 Å². The predicted molar refractivity (Wildman–Crippen MR) is 64.8 cm³/mol. The molecule has 2 rings (SSSR count). The van der Waals surface area contributed by atoms with E-state index in [4.69, 9.17) is 21.8 Å². The van der Waals surface area contributed by atoms with Crippen LogP contribution in [0.1, 0.15) is 5.56 Å². The summed E-state index contributed by atoms with van der Waals surface area (Å²) in [6.07, 6.45) is 3.95. The summed E-state index contributed by atoms with van der Waals surface area (Å²) in [6, 6.07) is 5.80. The Morgan fingerprint density at radius 1 is 1.44 bits per heavy atom. The van der Waals surface area contributed by atoms with Gasteiger partial charge in [-0.2, -0.15) is 0 Å². The number of nitrogens with two attached hydrogens (primary N) is 1. The predicted octanol–water partition coefficient (Wildman–Crippen LogP) is 2.98. The molecular weight excluding hydrogens is 244 g/mol. The van der Waals surface area contributed by atoms with Gasteiger partial charge in [0.2, 0.25) is 0 Å². The van der Waals surface area contributed by atoms with Gasteiger partial charge in [0.05, 0.1) is 11.2 Å². The minimum atomic E-state index is 0.589. The molecule has 16 heavy (non-hydrogen) atoms. The molecule has 1 aromatic heterocycles. The highest BCUT2D eigenvalue weighted by atomic mass is 35.5. The van der Waals surface area contributed by atoms with Gasteiger partial charge < -0.3 is 10.2 Å². The summed E-state index contributed by atoms with van der Waals surface area (Å²) in [4.78, 5) is 5.03. The summed E-state index contributed by atoms with van der Waals surface area (Å²) in [5.41, 5.74) is 6.68. The largest absolute Gasteiger partial charge is 0.440 e. The molecule has 3 nitrogen and oxygen atoms in total. The Balaban J connectivity index is 2.30. The van der Waals surface area contributed by atoms with Crippen molar-refractivity contribution < 1.29 is 4.42 Å². The number of nitrogens with zero attached hydrogens (tertiary/aromatic N) is 1. The van der Waals surface area contributed by atoms with Crippen LogP contribution in [0.3, 0.4) is 0 Å². The van der Waals surface area contributed by atoms with Crippen LogP contribution in [0.25, 0.3) is 0 Å². The van der Waals surface area contributed by atoms with E-state index >= 15 is 0 Å². The first kappa shape index (κ1) is 11.5. The number of halogens is 1. The minimum absolute atomic E-state index is 0.589. The molecule has 0 fully saturated rings. The summed E-state index contributed by atoms with van der Waals surface area (Å²) in [5, 5.41) is 1.29. The van der Waals surface area contributed by atoms with E-state index in [0.29, 0.717) is 16.8 Å². The van der Waals surface area contributed by atoms with Gasteiger partial charge in [-0.25, -0.2) is 4.98 Å². The van der Waals surface area contributed by atoms with Gasteiger partial charge in [-0.15, -0.1) is 0 Å². The average molecular weight is 255 g/mol. The molecular formula is C11H11ClN2OS. The lowest BCUT2D eigenvalue weighted by Crippen LogP contribution is -2.03. The van der Waals surface area contributed by atoms with E-state index in [9.17, 15) is 0 Å². The van der Waals surface area contributed by atoms with Gasteiger partial charge in [0, 0.05) is 4.90 Å². The molecule has 0 atom stereocenters. The zero-order valence-electron chi connectivity index (χ0n) is 8.52. The maximum Gasteiger partial charge on any atom is 0.260 e. The normalized spacial score (nSPS) is 10.6. The molecule has 0 aliphatic rings. The summed E-state index contributed by atoms with van der Waals surface area (Å²) in [6.45, 7) is 0.597. The van der Waals surface area contributed by atoms with Crippen molar-refractivity contribution in [1.29, 1.82) is 0 Å². The minimum Gasteiger partial charge on any atom is -0.440 e. The maximum atomic E-state index is 6.15. The second kappa shape index (κ2) is 5.39. The zero-order chi connectivity index (χ0) is 11.4. The summed E-state index contributed by atoms with van der Waals surface area (Å²) in [7, 11) is 0. The second-order valence-electron chi connectivity index (χ2n) is 3.17. The molecule has 0 bridgehead atoms. The van der Waals surface area contributed by atoms with Crippen molar-refractivity contribution in [2.45, 2.75) is 16.5 Å². The van der Waals surface area contributed by atoms with Gasteiger partial charge >= 0.3 is 0 Å². The molecule has 0 unspecified atom stereocenters. The van der Waals surface area contributed by atoms with Crippen LogP contribution in [0.2, 0.25) is 5.02 Å². The Kier molecular flexibility index (Phi) is 3.88. The molecule has 84 valence electrons. The van der Waals surface area contributed by atoms with Crippen LogP contribution < -0.4 is 5.73 Å². The lowest BCUT2D eigenvalue weighted by Gasteiger charge is -2.07. The van der Waals surface area contributed by atoms with Crippen LogP contribution in [0.4, 0.5) is 0 Å². The number of aromatic nitrogens is 1. The van der Waals surface area contributed by atoms with E-state index < -0.39 is 0 Å². The SMILES string of the molecule is NCCc1cccc(Cl)c1Sc1ncco1. The summed E-state index contributed by atoms with van der Waals surface area (Å²) < 4.78 is 5.19. The number of oxazole rings is 1. The van der Waals surface area contributed by atoms with Crippen molar-refractivity contribution in [2.24, 2.45) is 5.73 Å². The van der Waals surface area contributed by atoms with Crippen LogP contribution >= 0.6 is 23.4 Å². The lowest BCUT2D eigenvalue weighted by atomic mass is 10.1. The first-order valence-corrected chi connectivity index (χ1v) is 6.05. The van der Waals surface area contributed by atoms with Crippen molar-refractivity contribution in [3.63, 3.8) is 0 Å². The quantitative estimate of drug-likeness (QED) is 0.911. The van der Waals surface area contributed by atoms with Crippen LogP contribution in [-0.2, 0) is 6.42 Å². The highest BCUT2D eigenvalue weighted by Crippen LogP contribution is 2.35. The third-order valence-corrected chi connectivity index (χ3v) is 3.55. The van der Waals surface area contributed by atoms with E-state index in [1.54, 1.807) is 12.5 Å². The standard InChI is InChI=1S/C11H11ClN2OS/c12-9-3-1-2-8(4-5-13)10(9)16-11-14-6-7-15-11/h1-3,6-7H,4-5,13H2. The average Bonchev–Trinajstić information content (AvgIpc) is 2.76. The fraction of sp³-hybridized carbons (Fsp3) is 0.182. The van der Waals surface area contributed by atoms with Gasteiger partial charge in [0.15, 0.2) is 0 Å². The van der Waals surface area contributed by atoms with Crippen LogP contribution in [0.15, 0.2) is 45.2 Å². The molecule has 0 saturated carbocycles. The smallest absolute Gasteiger partial charge is 0.260 e. The van der Waals surface area contributed by atoms with Gasteiger partial charge in [0.1, 0.15) is 6.26 Å². The molecule has 0 saturated heterocycles. The zero-order valence-corrected chi connectivity index (χ0v) is 10.1. The fourth-order valence-electron chi connectivity index (χ4n) is 1.37. The highest BCUT2D eigenvalue weighted by Gasteiger charge is 2.10. The van der Waals surface area contributed by atoms with Crippen LogP contribution in [0.5, 0.6) is 0 Å². The monoisotopic (exact) mass is 254 g/mol. The molecule has 0 spiro atoms. The van der Waals surface area contributed by atoms with Crippen molar-refractivity contribution in [1.82, 2.24) is 4.98 Å². The molecule has 1 heterocycles. The number of rotatable bonds is 4. The third kappa shape index (κ3) is 2.58. The highest BCUT2D eigenvalue weighted by molar-refractivity contribution is 7.99. The lowest BCUT2D eigenvalue weighted by molar-refractivity contribution is 0.454. The summed E-state index contributed by atoms with van der Waals surface area (Å²) in [5.74, 6) is 0. The topological polar surface area (TPSA) is 52.0 Å². The van der Waals surface area contributed by atoms with E-state index in [1.165, 1.54) is 11.8 Å². The Labute approximate surface area is 103 Å². The summed E-state index contributed by atoms with van der Waals surface area (Å²) >= 11 is 7.57. The van der Waals surface area contributed by atoms with Gasteiger partial charge in [0.25, 0.3) is 5.22 Å². The Morgan fingerprint density at radius 2 is 2.31 bits per heavy atom. The molecule has 5 heteroatoms. The van der Waals surface area contributed by atoms with Crippen LogP contribution in [-0.4, -0.2) is 11.5 Å². The fourth-order valence-corrected chi connectivity index (χ4v) is 2.54. The molecule has 0 aliphatic carbocycles. The molecule has 0 radical (unpaired) electrons. The van der Waals surface area contributed by atoms with Gasteiger partial charge in [-0.1, -0.05) is 23.7 Å². The van der Waals surface area contributed by atoms with Gasteiger partial charge in [-0.05, 0) is 36.4 Å². The van der Waals surface area contributed by atoms with Crippen molar-refractivity contribution in [2.75, 3.05) is 6.54 Å². The third-order valence-electron chi connectivity index (χ3n) is 2.06. The van der Waals surface area contributed by atoms with Crippen molar-refractivity contribution in [3.05, 3.63) is 41.2 Å². The molecule has 1 aromatic carbocycles. The Morgan fingerprint density at radius 3 is 3.00 bits per heavy atom. The molecule has 2 aromatic rings. The van der Waals surface area contributed by atoms with E-state index in [1.807, 2.05) is 18.2 Å². The Bertz CT molecular complexity index is 459. The van der Waals surface area contributed by atoms with Crippen molar-refractivity contribution >= 4 is 23.4 Å². The number of hydrogen-bond acceptors (Lipinski definition) is 4. The molecule has 0 amide bonds. The number of benzene rings is 1. The van der Waals surface area contributed by atoms with Crippen molar-refractivity contribution in [3.8, 4) is 0 Å². The van der Waals surface area contributed by atoms with E-state index in [2.05, 4.69) is 4.98 Å². The molecule has 2 N–H and O–H groups in total. The Hall–Kier alpha value is -0.970. The first-order chi connectivity index (χ1) is 7.81. The maximum absolute atomic E-state index is 6.15. The van der Waals surface area contributed by atoms with Gasteiger partial charge in [-0.3, -0.25) is 0 Å². The van der Waals surface area contributed by atoms with E-state index in [0.717, 1.165) is 16.9 Å². The first-order valence-electron chi connectivity index (χ1n) is 4.86. The molecule has 0 aliphatic heterocycles. The number of hydrogen-bond donors (Lipinski definition) is 1. The van der Waals surface area contributed by atoms with E-state index in [-0.39, 0.29) is 0 Å².